The van der Waals surface area contributed by atoms with Crippen LogP contribution in [0.1, 0.15) is 11.6 Å². The molecule has 2 amide bonds. The molecule has 2 aromatic carbocycles. The van der Waals surface area contributed by atoms with Crippen LogP contribution >= 0.6 is 0 Å². The lowest BCUT2D eigenvalue weighted by molar-refractivity contribution is 0.246. The number of rotatable bonds is 6. The Morgan fingerprint density at radius 3 is 2.60 bits per heavy atom. The van der Waals surface area contributed by atoms with Gasteiger partial charge in [-0.25, -0.2) is 4.79 Å². The summed E-state index contributed by atoms with van der Waals surface area (Å²) in [5.74, 6) is 0.679. The Hall–Kier alpha value is -3.35. The fourth-order valence-electron chi connectivity index (χ4n) is 2.45. The first-order chi connectivity index (χ1) is 12.2. The van der Waals surface area contributed by atoms with Gasteiger partial charge in [0, 0.05) is 11.8 Å². The monoisotopic (exact) mass is 337 g/mol. The molecule has 1 heterocycles. The molecule has 1 aromatic heterocycles. The topological polar surface area (TPSA) is 81.1 Å². The number of benzene rings is 2. The fraction of sp³-hybridized carbons (Fsp3) is 0.167. The molecule has 3 rings (SSSR count). The number of nitrogens with one attached hydrogen (secondary N) is 2. The van der Waals surface area contributed by atoms with Gasteiger partial charge in [-0.05, 0) is 17.7 Å². The van der Waals surface area contributed by atoms with Crippen molar-refractivity contribution in [2.24, 2.45) is 0 Å². The Balaban J connectivity index is 1.71. The molecule has 3 aromatic rings. The van der Waals surface area contributed by atoms with Gasteiger partial charge >= 0.3 is 6.03 Å². The lowest BCUT2D eigenvalue weighted by atomic mass is 10.1. The van der Waals surface area contributed by atoms with Crippen LogP contribution in [-0.4, -0.2) is 28.1 Å². The standard InChI is InChI=1S/C18H19N5O2/c1-25-16-9-5-8-15(12-16)21-18(24)22-17(13-23-19-10-11-20-23)14-6-3-2-4-7-14/h2-12,17H,13H2,1H3,(H2,21,22,24). The van der Waals surface area contributed by atoms with Gasteiger partial charge < -0.3 is 15.4 Å². The first kappa shape index (κ1) is 16.5. The maximum Gasteiger partial charge on any atom is 0.319 e. The molecule has 0 fully saturated rings. The minimum Gasteiger partial charge on any atom is -0.497 e. The van der Waals surface area contributed by atoms with Gasteiger partial charge in [0.25, 0.3) is 0 Å². The van der Waals surface area contributed by atoms with Gasteiger partial charge in [-0.2, -0.15) is 15.0 Å². The summed E-state index contributed by atoms with van der Waals surface area (Å²) in [4.78, 5) is 14.0. The summed E-state index contributed by atoms with van der Waals surface area (Å²) in [6, 6.07) is 16.3. The smallest absolute Gasteiger partial charge is 0.319 e. The molecule has 7 nitrogen and oxygen atoms in total. The third kappa shape index (κ3) is 4.57. The first-order valence-electron chi connectivity index (χ1n) is 7.85. The van der Waals surface area contributed by atoms with Gasteiger partial charge in [0.2, 0.25) is 0 Å². The third-order valence-corrected chi connectivity index (χ3v) is 3.65. The van der Waals surface area contributed by atoms with Crippen LogP contribution in [0.5, 0.6) is 5.75 Å². The minimum atomic E-state index is -0.311. The summed E-state index contributed by atoms with van der Waals surface area (Å²) in [5, 5.41) is 14.0. The third-order valence-electron chi connectivity index (χ3n) is 3.65. The van der Waals surface area contributed by atoms with E-state index in [0.29, 0.717) is 18.0 Å². The average Bonchev–Trinajstić information content (AvgIpc) is 3.15. The van der Waals surface area contributed by atoms with Crippen LogP contribution < -0.4 is 15.4 Å². The average molecular weight is 337 g/mol. The summed E-state index contributed by atoms with van der Waals surface area (Å²) in [7, 11) is 1.59. The Kier molecular flexibility index (Phi) is 5.26. The summed E-state index contributed by atoms with van der Waals surface area (Å²) in [6.45, 7) is 0.433. The van der Waals surface area contributed by atoms with Crippen LogP contribution in [-0.2, 0) is 6.54 Å². The highest BCUT2D eigenvalue weighted by molar-refractivity contribution is 5.89. The van der Waals surface area contributed by atoms with Crippen molar-refractivity contribution in [3.05, 3.63) is 72.6 Å². The molecule has 7 heteroatoms. The number of amides is 2. The van der Waals surface area contributed by atoms with Crippen LogP contribution in [0.15, 0.2) is 67.0 Å². The summed E-state index contributed by atoms with van der Waals surface area (Å²) < 4.78 is 5.17. The van der Waals surface area contributed by atoms with Gasteiger partial charge in [-0.3, -0.25) is 0 Å². The number of anilines is 1. The second kappa shape index (κ2) is 7.96. The SMILES string of the molecule is COc1cccc(NC(=O)NC(Cn2nccn2)c2ccccc2)c1. The molecular formula is C18H19N5O2. The lowest BCUT2D eigenvalue weighted by Crippen LogP contribution is -2.35. The number of aromatic nitrogens is 3. The lowest BCUT2D eigenvalue weighted by Gasteiger charge is -2.19. The van der Waals surface area contributed by atoms with Crippen LogP contribution in [0, 0.1) is 0 Å². The van der Waals surface area contributed by atoms with E-state index in [1.54, 1.807) is 36.4 Å². The molecule has 0 bridgehead atoms. The highest BCUT2D eigenvalue weighted by Gasteiger charge is 2.16. The quantitative estimate of drug-likeness (QED) is 0.725. The van der Waals surface area contributed by atoms with E-state index in [-0.39, 0.29) is 12.1 Å². The van der Waals surface area contributed by atoms with Crippen molar-refractivity contribution in [1.82, 2.24) is 20.3 Å². The van der Waals surface area contributed by atoms with E-state index in [4.69, 9.17) is 4.74 Å². The molecule has 128 valence electrons. The van der Waals surface area contributed by atoms with Gasteiger partial charge in [0.15, 0.2) is 0 Å². The number of nitrogens with zero attached hydrogens (tertiary/aromatic N) is 3. The molecule has 1 atom stereocenters. The number of methoxy groups -OCH3 is 1. The minimum absolute atomic E-state index is 0.265. The Morgan fingerprint density at radius 2 is 1.88 bits per heavy atom. The van der Waals surface area contributed by atoms with Crippen molar-refractivity contribution >= 4 is 11.7 Å². The van der Waals surface area contributed by atoms with Crippen molar-refractivity contribution in [2.45, 2.75) is 12.6 Å². The zero-order valence-electron chi connectivity index (χ0n) is 13.8. The van der Waals surface area contributed by atoms with Gasteiger partial charge in [-0.15, -0.1) is 0 Å². The van der Waals surface area contributed by atoms with Gasteiger partial charge in [0.05, 0.1) is 32.1 Å². The van der Waals surface area contributed by atoms with E-state index in [9.17, 15) is 4.79 Å². The van der Waals surface area contributed by atoms with Gasteiger partial charge in [-0.1, -0.05) is 36.4 Å². The summed E-state index contributed by atoms with van der Waals surface area (Å²) >= 11 is 0. The predicted molar refractivity (Wildman–Crippen MR) is 94.4 cm³/mol. The molecule has 0 aliphatic rings. The normalized spacial score (nSPS) is 11.6. The molecule has 0 saturated carbocycles. The van der Waals surface area contributed by atoms with Gasteiger partial charge in [0.1, 0.15) is 5.75 Å². The molecule has 0 radical (unpaired) electrons. The number of hydrogen-bond donors (Lipinski definition) is 2. The fourth-order valence-corrected chi connectivity index (χ4v) is 2.45. The zero-order valence-corrected chi connectivity index (χ0v) is 13.8. The van der Waals surface area contributed by atoms with Crippen LogP contribution in [0.3, 0.4) is 0 Å². The van der Waals surface area contributed by atoms with Crippen molar-refractivity contribution in [3.8, 4) is 5.75 Å². The zero-order chi connectivity index (χ0) is 17.5. The molecule has 0 aliphatic heterocycles. The molecule has 0 saturated heterocycles. The first-order valence-corrected chi connectivity index (χ1v) is 7.85. The molecule has 0 aliphatic carbocycles. The van der Waals surface area contributed by atoms with Crippen molar-refractivity contribution in [1.29, 1.82) is 0 Å². The summed E-state index contributed by atoms with van der Waals surface area (Å²) in [6.07, 6.45) is 3.22. The van der Waals surface area contributed by atoms with E-state index in [2.05, 4.69) is 20.8 Å². The van der Waals surface area contributed by atoms with E-state index in [1.165, 1.54) is 0 Å². The highest BCUT2D eigenvalue weighted by Crippen LogP contribution is 2.18. The number of carbonyl (C=O) groups is 1. The van der Waals surface area contributed by atoms with Crippen LogP contribution in [0.4, 0.5) is 10.5 Å². The van der Waals surface area contributed by atoms with E-state index < -0.39 is 0 Å². The molecule has 25 heavy (non-hydrogen) atoms. The molecule has 2 N–H and O–H groups in total. The van der Waals surface area contributed by atoms with Crippen molar-refractivity contribution < 1.29 is 9.53 Å². The number of ether oxygens (including phenoxy) is 1. The van der Waals surface area contributed by atoms with Crippen molar-refractivity contribution in [3.63, 3.8) is 0 Å². The Labute approximate surface area is 145 Å². The van der Waals surface area contributed by atoms with Crippen LogP contribution in [0.25, 0.3) is 0 Å². The molecule has 1 unspecified atom stereocenters. The largest absolute Gasteiger partial charge is 0.497 e. The highest BCUT2D eigenvalue weighted by atomic mass is 16.5. The van der Waals surface area contributed by atoms with E-state index in [0.717, 1.165) is 5.56 Å². The molecular weight excluding hydrogens is 318 g/mol. The van der Waals surface area contributed by atoms with E-state index in [1.807, 2.05) is 42.5 Å². The molecule has 0 spiro atoms. The number of urea groups is 1. The second-order valence-electron chi connectivity index (χ2n) is 5.38. The van der Waals surface area contributed by atoms with Crippen molar-refractivity contribution in [2.75, 3.05) is 12.4 Å². The second-order valence-corrected chi connectivity index (χ2v) is 5.38. The Bertz CT molecular complexity index is 805. The number of hydrogen-bond acceptors (Lipinski definition) is 4. The summed E-state index contributed by atoms with van der Waals surface area (Å²) in [5.41, 5.74) is 1.63. The maximum absolute atomic E-state index is 12.4. The Morgan fingerprint density at radius 1 is 1.12 bits per heavy atom. The maximum atomic E-state index is 12.4. The van der Waals surface area contributed by atoms with E-state index >= 15 is 0 Å². The predicted octanol–water partition coefficient (Wildman–Crippen LogP) is 2.85. The number of carbonyl (C=O) groups excluding carboxylic acids is 1. The van der Waals surface area contributed by atoms with Crippen LogP contribution in [0.2, 0.25) is 0 Å².